The zero-order valence-electron chi connectivity index (χ0n) is 11.3. The lowest BCUT2D eigenvalue weighted by molar-refractivity contribution is 0.232. The number of fused-ring (bicyclic) bond motifs is 1. The van der Waals surface area contributed by atoms with Crippen LogP contribution in [0.1, 0.15) is 24.8 Å². The van der Waals surface area contributed by atoms with Crippen LogP contribution in [-0.4, -0.2) is 24.2 Å². The summed E-state index contributed by atoms with van der Waals surface area (Å²) < 4.78 is 5.78. The number of piperidine rings is 1. The maximum atomic E-state index is 9.23. The number of pyridine rings is 1. The number of nitrogens with one attached hydrogen (secondary N) is 1. The number of rotatable bonds is 3. The highest BCUT2D eigenvalue weighted by atomic mass is 16.5. The molecule has 0 saturated carbocycles. The summed E-state index contributed by atoms with van der Waals surface area (Å²) in [5, 5.41) is 13.6. The van der Waals surface area contributed by atoms with Gasteiger partial charge in [0.1, 0.15) is 18.2 Å². The fourth-order valence-electron chi connectivity index (χ4n) is 2.53. The smallest absolute Gasteiger partial charge is 0.232 e. The Bertz CT molecular complexity index is 642. The lowest BCUT2D eigenvalue weighted by Crippen LogP contribution is -2.38. The first-order chi connectivity index (χ1) is 9.86. The van der Waals surface area contributed by atoms with Crippen molar-refractivity contribution in [3.63, 3.8) is 0 Å². The summed E-state index contributed by atoms with van der Waals surface area (Å²) >= 11 is 0. The highest BCUT2D eigenvalue weighted by molar-refractivity contribution is 5.80. The van der Waals surface area contributed by atoms with Gasteiger partial charge in [0, 0.05) is 11.4 Å². The average Bonchev–Trinajstić information content (AvgIpc) is 2.53. The average molecular weight is 267 g/mol. The molecule has 1 saturated heterocycles. The van der Waals surface area contributed by atoms with Crippen LogP contribution in [0.25, 0.3) is 10.9 Å². The van der Waals surface area contributed by atoms with Crippen LogP contribution < -0.4 is 10.1 Å². The second-order valence-corrected chi connectivity index (χ2v) is 5.10. The molecule has 2 heterocycles. The SMILES string of the molecule is N#Cc1cc2ccccc2nc1OCC1CCCCN1. The lowest BCUT2D eigenvalue weighted by Gasteiger charge is -2.23. The van der Waals surface area contributed by atoms with E-state index in [-0.39, 0.29) is 0 Å². The van der Waals surface area contributed by atoms with Gasteiger partial charge in [0.05, 0.1) is 5.52 Å². The summed E-state index contributed by atoms with van der Waals surface area (Å²) in [5.74, 6) is 0.443. The molecule has 4 nitrogen and oxygen atoms in total. The van der Waals surface area contributed by atoms with Gasteiger partial charge in [-0.3, -0.25) is 0 Å². The van der Waals surface area contributed by atoms with E-state index in [9.17, 15) is 5.26 Å². The fourth-order valence-corrected chi connectivity index (χ4v) is 2.53. The standard InChI is InChI=1S/C16H17N3O/c17-10-13-9-12-5-1-2-7-15(12)19-16(13)20-11-14-6-3-4-8-18-14/h1-2,5,7,9,14,18H,3-4,6,8,11H2. The second-order valence-electron chi connectivity index (χ2n) is 5.10. The first kappa shape index (κ1) is 12.9. The summed E-state index contributed by atoms with van der Waals surface area (Å²) in [6.45, 7) is 1.62. The Labute approximate surface area is 118 Å². The van der Waals surface area contributed by atoms with E-state index < -0.39 is 0 Å². The van der Waals surface area contributed by atoms with E-state index in [1.54, 1.807) is 0 Å². The summed E-state index contributed by atoms with van der Waals surface area (Å²) in [4.78, 5) is 4.46. The molecule has 1 fully saturated rings. The van der Waals surface area contributed by atoms with Gasteiger partial charge < -0.3 is 10.1 Å². The highest BCUT2D eigenvalue weighted by Crippen LogP contribution is 2.22. The lowest BCUT2D eigenvalue weighted by atomic mass is 10.1. The zero-order valence-corrected chi connectivity index (χ0v) is 11.3. The van der Waals surface area contributed by atoms with Crippen molar-refractivity contribution in [1.82, 2.24) is 10.3 Å². The van der Waals surface area contributed by atoms with E-state index in [2.05, 4.69) is 16.4 Å². The first-order valence-corrected chi connectivity index (χ1v) is 7.03. The van der Waals surface area contributed by atoms with Gasteiger partial charge in [-0.25, -0.2) is 4.98 Å². The molecule has 1 unspecified atom stereocenters. The number of benzene rings is 1. The molecule has 1 aliphatic heterocycles. The van der Waals surface area contributed by atoms with Gasteiger partial charge in [0.15, 0.2) is 0 Å². The Hall–Kier alpha value is -2.12. The third kappa shape index (κ3) is 2.73. The Kier molecular flexibility index (Phi) is 3.80. The van der Waals surface area contributed by atoms with Crippen LogP contribution in [0.4, 0.5) is 0 Å². The molecule has 1 aromatic carbocycles. The van der Waals surface area contributed by atoms with Gasteiger partial charge in [-0.05, 0) is 31.5 Å². The van der Waals surface area contributed by atoms with Crippen molar-refractivity contribution in [3.05, 3.63) is 35.9 Å². The number of para-hydroxylation sites is 1. The van der Waals surface area contributed by atoms with Gasteiger partial charge >= 0.3 is 0 Å². The predicted molar refractivity (Wildman–Crippen MR) is 77.6 cm³/mol. The Morgan fingerprint density at radius 1 is 1.35 bits per heavy atom. The number of nitrogens with zero attached hydrogens (tertiary/aromatic N) is 2. The van der Waals surface area contributed by atoms with Crippen molar-refractivity contribution in [3.8, 4) is 11.9 Å². The molecule has 4 heteroatoms. The summed E-state index contributed by atoms with van der Waals surface area (Å²) in [7, 11) is 0. The van der Waals surface area contributed by atoms with E-state index in [0.717, 1.165) is 23.9 Å². The van der Waals surface area contributed by atoms with Gasteiger partial charge in [0.25, 0.3) is 0 Å². The van der Waals surface area contributed by atoms with Gasteiger partial charge in [-0.2, -0.15) is 5.26 Å². The number of ether oxygens (including phenoxy) is 1. The molecular formula is C16H17N3O. The van der Waals surface area contributed by atoms with Crippen LogP contribution in [0.2, 0.25) is 0 Å². The van der Waals surface area contributed by atoms with Crippen LogP contribution in [0.3, 0.4) is 0 Å². The van der Waals surface area contributed by atoms with Gasteiger partial charge in [-0.15, -0.1) is 0 Å². The maximum absolute atomic E-state index is 9.23. The molecule has 0 aliphatic carbocycles. The van der Waals surface area contributed by atoms with Crippen molar-refractivity contribution in [2.45, 2.75) is 25.3 Å². The van der Waals surface area contributed by atoms with Crippen molar-refractivity contribution in [2.24, 2.45) is 0 Å². The van der Waals surface area contributed by atoms with E-state index >= 15 is 0 Å². The van der Waals surface area contributed by atoms with Crippen molar-refractivity contribution >= 4 is 10.9 Å². The van der Waals surface area contributed by atoms with Crippen LogP contribution in [-0.2, 0) is 0 Å². The van der Waals surface area contributed by atoms with E-state index in [4.69, 9.17) is 4.74 Å². The maximum Gasteiger partial charge on any atom is 0.232 e. The third-order valence-corrected chi connectivity index (χ3v) is 3.64. The highest BCUT2D eigenvalue weighted by Gasteiger charge is 2.15. The summed E-state index contributed by atoms with van der Waals surface area (Å²) in [6, 6.07) is 12.1. The van der Waals surface area contributed by atoms with E-state index in [1.165, 1.54) is 12.8 Å². The van der Waals surface area contributed by atoms with Crippen molar-refractivity contribution < 1.29 is 4.74 Å². The molecule has 0 spiro atoms. The molecule has 102 valence electrons. The second kappa shape index (κ2) is 5.89. The van der Waals surface area contributed by atoms with E-state index in [1.807, 2.05) is 30.3 Å². The largest absolute Gasteiger partial charge is 0.475 e. The molecule has 1 N–H and O–H groups in total. The quantitative estimate of drug-likeness (QED) is 0.928. The van der Waals surface area contributed by atoms with Crippen LogP contribution >= 0.6 is 0 Å². The summed E-state index contributed by atoms with van der Waals surface area (Å²) in [6.07, 6.45) is 3.58. The Morgan fingerprint density at radius 3 is 3.05 bits per heavy atom. The molecule has 3 rings (SSSR count). The Morgan fingerprint density at radius 2 is 2.25 bits per heavy atom. The minimum absolute atomic E-state index is 0.364. The van der Waals surface area contributed by atoms with Gasteiger partial charge in [0.2, 0.25) is 5.88 Å². The van der Waals surface area contributed by atoms with Gasteiger partial charge in [-0.1, -0.05) is 24.6 Å². The predicted octanol–water partition coefficient (Wildman–Crippen LogP) is 2.63. The molecule has 0 radical (unpaired) electrons. The van der Waals surface area contributed by atoms with Crippen molar-refractivity contribution in [2.75, 3.05) is 13.2 Å². The number of hydrogen-bond acceptors (Lipinski definition) is 4. The molecule has 20 heavy (non-hydrogen) atoms. The Balaban J connectivity index is 1.80. The molecule has 0 amide bonds. The zero-order chi connectivity index (χ0) is 13.8. The monoisotopic (exact) mass is 267 g/mol. The molecule has 1 aliphatic rings. The topological polar surface area (TPSA) is 57.9 Å². The van der Waals surface area contributed by atoms with E-state index in [0.29, 0.717) is 24.1 Å². The van der Waals surface area contributed by atoms with Crippen LogP contribution in [0.15, 0.2) is 30.3 Å². The number of nitriles is 1. The normalized spacial score (nSPS) is 18.6. The fraction of sp³-hybridized carbons (Fsp3) is 0.375. The number of hydrogen-bond donors (Lipinski definition) is 1. The van der Waals surface area contributed by atoms with Crippen LogP contribution in [0.5, 0.6) is 5.88 Å². The molecule has 2 aromatic rings. The minimum Gasteiger partial charge on any atom is -0.475 e. The molecule has 1 aromatic heterocycles. The third-order valence-electron chi connectivity index (χ3n) is 3.64. The molecule has 0 bridgehead atoms. The number of aromatic nitrogens is 1. The molecule has 1 atom stereocenters. The van der Waals surface area contributed by atoms with Crippen molar-refractivity contribution in [1.29, 1.82) is 5.26 Å². The minimum atomic E-state index is 0.364. The first-order valence-electron chi connectivity index (χ1n) is 7.03. The van der Waals surface area contributed by atoms with Crippen LogP contribution in [0, 0.1) is 11.3 Å². The molecular weight excluding hydrogens is 250 g/mol. The summed E-state index contributed by atoms with van der Waals surface area (Å²) in [5.41, 5.74) is 1.36.